The number of aromatic hydroxyl groups is 1. The molecule has 5 heteroatoms. The summed E-state index contributed by atoms with van der Waals surface area (Å²) in [6.45, 7) is 0. The number of benzene rings is 5. The number of nitrogens with zero attached hydrogens (tertiary/aromatic N) is 3. The van der Waals surface area contributed by atoms with Crippen LogP contribution >= 0.6 is 0 Å². The van der Waals surface area contributed by atoms with Gasteiger partial charge >= 0.3 is 8.24 Å². The van der Waals surface area contributed by atoms with Crippen molar-refractivity contribution in [1.29, 1.82) is 0 Å². The molecule has 41 heavy (non-hydrogen) atoms. The Morgan fingerprint density at radius 2 is 1.24 bits per heavy atom. The SMILES string of the molecule is Oc1ccccc1-n1[c-][n+]([Si](c2ccccc2)(c2ccccc2)c2cccc(-c3ccccn3)c2)c2ccccc21. The number of rotatable bonds is 6. The quantitative estimate of drug-likeness (QED) is 0.182. The number of imidazole rings is 1. The van der Waals surface area contributed by atoms with E-state index in [1.165, 1.54) is 15.6 Å². The lowest BCUT2D eigenvalue weighted by Crippen LogP contribution is -2.84. The van der Waals surface area contributed by atoms with E-state index >= 15 is 0 Å². The Kier molecular flexibility index (Phi) is 6.26. The number of fused-ring (bicyclic) bond motifs is 1. The maximum absolute atomic E-state index is 10.9. The zero-order valence-corrected chi connectivity index (χ0v) is 23.3. The highest BCUT2D eigenvalue weighted by Gasteiger charge is 2.47. The van der Waals surface area contributed by atoms with Crippen molar-refractivity contribution in [2.75, 3.05) is 0 Å². The van der Waals surface area contributed by atoms with E-state index in [0.29, 0.717) is 5.69 Å². The average molecular weight is 546 g/mol. The summed E-state index contributed by atoms with van der Waals surface area (Å²) in [5.74, 6) is 0.209. The van der Waals surface area contributed by atoms with Crippen molar-refractivity contribution in [2.24, 2.45) is 0 Å². The normalized spacial score (nSPS) is 11.5. The van der Waals surface area contributed by atoms with Gasteiger partial charge < -0.3 is 13.9 Å². The van der Waals surface area contributed by atoms with Crippen molar-refractivity contribution in [3.05, 3.63) is 164 Å². The van der Waals surface area contributed by atoms with E-state index in [2.05, 4.69) is 125 Å². The van der Waals surface area contributed by atoms with Gasteiger partial charge in [0.1, 0.15) is 5.75 Å². The van der Waals surface area contributed by atoms with E-state index in [1.807, 2.05) is 47.2 Å². The zero-order valence-electron chi connectivity index (χ0n) is 22.3. The Hall–Kier alpha value is -5.26. The third-order valence-corrected chi connectivity index (χ3v) is 12.1. The molecule has 0 unspecified atom stereocenters. The summed E-state index contributed by atoms with van der Waals surface area (Å²) in [5.41, 5.74) is 4.70. The first-order valence-corrected chi connectivity index (χ1v) is 15.6. The highest BCUT2D eigenvalue weighted by atomic mass is 28.3. The largest absolute Gasteiger partial charge is 0.513 e. The molecule has 4 nitrogen and oxygen atoms in total. The van der Waals surface area contributed by atoms with Crippen LogP contribution in [0.2, 0.25) is 0 Å². The molecule has 5 aromatic carbocycles. The minimum Gasteiger partial charge on any atom is -0.513 e. The van der Waals surface area contributed by atoms with Gasteiger partial charge in [0.2, 0.25) is 6.33 Å². The highest BCUT2D eigenvalue weighted by Crippen LogP contribution is 2.25. The van der Waals surface area contributed by atoms with Crippen LogP contribution < -0.4 is 19.8 Å². The van der Waals surface area contributed by atoms with Gasteiger partial charge in [0.05, 0.1) is 16.9 Å². The summed E-state index contributed by atoms with van der Waals surface area (Å²) in [4.78, 5) is 4.66. The second-order valence-corrected chi connectivity index (χ2v) is 13.6. The minimum atomic E-state index is -3.03. The van der Waals surface area contributed by atoms with Crippen LogP contribution in [0.5, 0.6) is 5.75 Å². The second kappa shape index (κ2) is 10.4. The smallest absolute Gasteiger partial charge is 0.345 e. The third-order valence-electron chi connectivity index (χ3n) is 7.65. The van der Waals surface area contributed by atoms with Crippen LogP contribution in [0.4, 0.5) is 0 Å². The van der Waals surface area contributed by atoms with Gasteiger partial charge in [0, 0.05) is 17.3 Å². The Bertz CT molecular complexity index is 1910. The van der Waals surface area contributed by atoms with Crippen LogP contribution in [0.3, 0.4) is 0 Å². The molecule has 7 aromatic rings. The summed E-state index contributed by atoms with van der Waals surface area (Å²) in [6, 6.07) is 52.1. The van der Waals surface area contributed by atoms with Gasteiger partial charge in [0.25, 0.3) is 0 Å². The van der Waals surface area contributed by atoms with E-state index in [9.17, 15) is 5.11 Å². The number of para-hydroxylation sites is 4. The van der Waals surface area contributed by atoms with E-state index < -0.39 is 8.24 Å². The number of pyridine rings is 1. The van der Waals surface area contributed by atoms with E-state index in [4.69, 9.17) is 0 Å². The van der Waals surface area contributed by atoms with E-state index in [0.717, 1.165) is 22.3 Å². The van der Waals surface area contributed by atoms with Crippen molar-refractivity contribution >= 4 is 34.8 Å². The number of hydrogen-bond donors (Lipinski definition) is 1. The van der Waals surface area contributed by atoms with Crippen LogP contribution in [0, 0.1) is 6.33 Å². The summed E-state index contributed by atoms with van der Waals surface area (Å²) >= 11 is 0. The molecule has 0 aliphatic rings. The first-order chi connectivity index (χ1) is 20.3. The fourth-order valence-corrected chi connectivity index (χ4v) is 10.5. The second-order valence-electron chi connectivity index (χ2n) is 9.99. The standard InChI is InChI=1S/C36H27N3OSi/c40-36-24-10-9-23-35(36)38-27-39(34-22-8-7-21-33(34)38)41(29-15-3-1-4-16-29,30-17-5-2-6-18-30)31-19-13-14-28(26-31)32-20-11-12-25-37-32/h1-26,40H. The van der Waals surface area contributed by atoms with Crippen LogP contribution in [-0.2, 0) is 0 Å². The lowest BCUT2D eigenvalue weighted by Gasteiger charge is -2.32. The summed E-state index contributed by atoms with van der Waals surface area (Å²) in [6.07, 6.45) is 5.60. The van der Waals surface area contributed by atoms with Crippen molar-refractivity contribution < 1.29 is 9.34 Å². The molecule has 0 saturated heterocycles. The van der Waals surface area contributed by atoms with Gasteiger partial charge in [-0.15, -0.1) is 0 Å². The van der Waals surface area contributed by atoms with Gasteiger partial charge in [-0.3, -0.25) is 4.98 Å². The predicted molar refractivity (Wildman–Crippen MR) is 167 cm³/mol. The Morgan fingerprint density at radius 3 is 1.95 bits per heavy atom. The summed E-state index contributed by atoms with van der Waals surface area (Å²) in [7, 11) is -3.03. The van der Waals surface area contributed by atoms with E-state index in [1.54, 1.807) is 6.07 Å². The molecule has 196 valence electrons. The number of phenols is 1. The van der Waals surface area contributed by atoms with Gasteiger partial charge in [-0.2, -0.15) is 0 Å². The molecule has 0 spiro atoms. The molecule has 0 atom stereocenters. The van der Waals surface area contributed by atoms with E-state index in [-0.39, 0.29) is 5.75 Å². The van der Waals surface area contributed by atoms with Crippen molar-refractivity contribution in [1.82, 2.24) is 9.55 Å². The molecular weight excluding hydrogens is 519 g/mol. The molecule has 0 bridgehead atoms. The maximum atomic E-state index is 10.9. The third kappa shape index (κ3) is 4.15. The fourth-order valence-electron chi connectivity index (χ4n) is 5.83. The monoisotopic (exact) mass is 545 g/mol. The molecule has 7 rings (SSSR count). The van der Waals surface area contributed by atoms with Crippen molar-refractivity contribution in [3.63, 3.8) is 0 Å². The van der Waals surface area contributed by atoms with Crippen molar-refractivity contribution in [2.45, 2.75) is 0 Å². The fraction of sp³-hybridized carbons (Fsp3) is 0. The molecule has 0 aliphatic carbocycles. The Morgan fingerprint density at radius 1 is 0.610 bits per heavy atom. The molecule has 0 amide bonds. The summed E-state index contributed by atoms with van der Waals surface area (Å²) in [5, 5.41) is 14.6. The topological polar surface area (TPSA) is 41.9 Å². The first-order valence-electron chi connectivity index (χ1n) is 13.6. The van der Waals surface area contributed by atoms with Crippen LogP contribution in [-0.4, -0.2) is 22.9 Å². The highest BCUT2D eigenvalue weighted by molar-refractivity contribution is 7.05. The average Bonchev–Trinajstić information content (AvgIpc) is 3.43. The van der Waals surface area contributed by atoms with Gasteiger partial charge in [-0.05, 0) is 39.8 Å². The molecule has 0 saturated carbocycles. The van der Waals surface area contributed by atoms with Gasteiger partial charge in [-0.1, -0.05) is 127 Å². The number of aromatic nitrogens is 3. The Labute approximate surface area is 240 Å². The lowest BCUT2D eigenvalue weighted by atomic mass is 10.1. The molecular formula is C36H27N3OSi. The maximum Gasteiger partial charge on any atom is 0.345 e. The molecule has 2 heterocycles. The lowest BCUT2D eigenvalue weighted by molar-refractivity contribution is -0.515. The predicted octanol–water partition coefficient (Wildman–Crippen LogP) is 5.00. The number of hydrogen-bond acceptors (Lipinski definition) is 2. The van der Waals surface area contributed by atoms with Gasteiger partial charge in [-0.25, -0.2) is 0 Å². The van der Waals surface area contributed by atoms with Gasteiger partial charge in [0.15, 0.2) is 0 Å². The Balaban J connectivity index is 1.63. The van der Waals surface area contributed by atoms with Crippen LogP contribution in [0.25, 0.3) is 28.0 Å². The summed E-state index contributed by atoms with van der Waals surface area (Å²) < 4.78 is 4.35. The van der Waals surface area contributed by atoms with Crippen LogP contribution in [0.15, 0.2) is 158 Å². The zero-order chi connectivity index (χ0) is 27.6. The van der Waals surface area contributed by atoms with Crippen LogP contribution in [0.1, 0.15) is 0 Å². The van der Waals surface area contributed by atoms with Crippen molar-refractivity contribution in [3.8, 4) is 22.7 Å². The molecule has 1 N–H and O–H groups in total. The molecule has 0 aliphatic heterocycles. The molecule has 0 fully saturated rings. The minimum absolute atomic E-state index is 0.209. The first kappa shape index (κ1) is 24.8. The number of phenolic OH excluding ortho intramolecular Hbond substituents is 1. The molecule has 0 radical (unpaired) electrons. The molecule has 2 aromatic heterocycles.